The molecule has 1 aromatic heterocycles. The van der Waals surface area contributed by atoms with Crippen molar-refractivity contribution in [2.45, 2.75) is 51.6 Å². The summed E-state index contributed by atoms with van der Waals surface area (Å²) in [5.74, 6) is 0.149. The summed E-state index contributed by atoms with van der Waals surface area (Å²) in [5.41, 5.74) is 8.38. The third-order valence-corrected chi connectivity index (χ3v) is 7.08. The molecule has 1 heterocycles. The SMILES string of the molecule is C[C@H](C1CC1)N(CC(=O)Nc1sc2c(c1C(N)=O)CCC2)Cc1ccccc1. The number of thiophene rings is 1. The number of carbonyl (C=O) groups excluding carboxylic acids is 2. The molecule has 2 aliphatic carbocycles. The molecular formula is C22H27N3O2S. The van der Waals surface area contributed by atoms with Gasteiger partial charge in [0, 0.05) is 17.5 Å². The van der Waals surface area contributed by atoms with Crippen molar-refractivity contribution in [3.05, 3.63) is 51.9 Å². The van der Waals surface area contributed by atoms with Gasteiger partial charge < -0.3 is 11.1 Å². The van der Waals surface area contributed by atoms with Crippen LogP contribution in [0.4, 0.5) is 5.00 Å². The number of carbonyl (C=O) groups is 2. The van der Waals surface area contributed by atoms with Gasteiger partial charge in [-0.05, 0) is 56.1 Å². The minimum atomic E-state index is -0.442. The first-order chi connectivity index (χ1) is 13.5. The van der Waals surface area contributed by atoms with Crippen LogP contribution in [0.2, 0.25) is 0 Å². The molecular weight excluding hydrogens is 370 g/mol. The summed E-state index contributed by atoms with van der Waals surface area (Å²) in [7, 11) is 0. The minimum Gasteiger partial charge on any atom is -0.365 e. The van der Waals surface area contributed by atoms with Gasteiger partial charge in [0.05, 0.1) is 12.1 Å². The number of nitrogens with one attached hydrogen (secondary N) is 1. The van der Waals surface area contributed by atoms with Crippen LogP contribution in [-0.4, -0.2) is 29.3 Å². The molecule has 2 aromatic rings. The summed E-state index contributed by atoms with van der Waals surface area (Å²) in [6, 6.07) is 10.6. The van der Waals surface area contributed by atoms with Gasteiger partial charge in [0.2, 0.25) is 5.91 Å². The first-order valence-corrected chi connectivity index (χ1v) is 10.9. The Labute approximate surface area is 169 Å². The van der Waals surface area contributed by atoms with Crippen LogP contribution in [0.3, 0.4) is 0 Å². The Balaban J connectivity index is 1.48. The molecule has 5 nitrogen and oxygen atoms in total. The van der Waals surface area contributed by atoms with Gasteiger partial charge >= 0.3 is 0 Å². The van der Waals surface area contributed by atoms with E-state index in [0.717, 1.165) is 31.4 Å². The number of nitrogens with zero attached hydrogens (tertiary/aromatic N) is 1. The molecule has 2 aliphatic rings. The molecule has 1 atom stereocenters. The molecule has 6 heteroatoms. The van der Waals surface area contributed by atoms with Crippen molar-refractivity contribution >= 4 is 28.2 Å². The Kier molecular flexibility index (Phi) is 5.51. The van der Waals surface area contributed by atoms with E-state index < -0.39 is 5.91 Å². The van der Waals surface area contributed by atoms with E-state index in [4.69, 9.17) is 5.73 Å². The van der Waals surface area contributed by atoms with Gasteiger partial charge in [0.15, 0.2) is 0 Å². The van der Waals surface area contributed by atoms with Gasteiger partial charge in [-0.3, -0.25) is 14.5 Å². The Bertz CT molecular complexity index is 873. The van der Waals surface area contributed by atoms with Crippen molar-refractivity contribution in [3.63, 3.8) is 0 Å². The van der Waals surface area contributed by atoms with E-state index in [-0.39, 0.29) is 5.91 Å². The van der Waals surface area contributed by atoms with Crippen LogP contribution in [0.25, 0.3) is 0 Å². The standard InChI is InChI=1S/C22H27N3O2S/c1-14(16-10-11-16)25(12-15-6-3-2-4-7-15)13-19(26)24-22-20(21(23)27)17-8-5-9-18(17)28-22/h2-4,6-7,14,16H,5,8-13H2,1H3,(H2,23,27)(H,24,26)/t14-/m1/s1. The largest absolute Gasteiger partial charge is 0.365 e. The fraction of sp³-hybridized carbons (Fsp3) is 0.455. The van der Waals surface area contributed by atoms with Crippen LogP contribution in [0.1, 0.15) is 52.5 Å². The van der Waals surface area contributed by atoms with Crippen molar-refractivity contribution < 1.29 is 9.59 Å². The lowest BCUT2D eigenvalue weighted by Gasteiger charge is -2.28. The number of aryl methyl sites for hydroxylation is 1. The predicted octanol–water partition coefficient (Wildman–Crippen LogP) is 3.57. The summed E-state index contributed by atoms with van der Waals surface area (Å²) in [4.78, 5) is 28.3. The third-order valence-electron chi connectivity index (χ3n) is 5.88. The summed E-state index contributed by atoms with van der Waals surface area (Å²) >= 11 is 1.51. The maximum atomic E-state index is 12.9. The Hall–Kier alpha value is -2.18. The van der Waals surface area contributed by atoms with Gasteiger partial charge in [-0.2, -0.15) is 0 Å². The lowest BCUT2D eigenvalue weighted by molar-refractivity contribution is -0.118. The van der Waals surface area contributed by atoms with E-state index in [9.17, 15) is 9.59 Å². The Morgan fingerprint density at radius 1 is 1.25 bits per heavy atom. The molecule has 1 saturated carbocycles. The van der Waals surface area contributed by atoms with Crippen molar-refractivity contribution in [3.8, 4) is 0 Å². The van der Waals surface area contributed by atoms with E-state index in [1.165, 1.54) is 34.6 Å². The predicted molar refractivity (Wildman–Crippen MR) is 113 cm³/mol. The zero-order valence-electron chi connectivity index (χ0n) is 16.2. The quantitative estimate of drug-likeness (QED) is 0.715. The van der Waals surface area contributed by atoms with Crippen LogP contribution >= 0.6 is 11.3 Å². The van der Waals surface area contributed by atoms with Crippen molar-refractivity contribution in [1.29, 1.82) is 0 Å². The summed E-state index contributed by atoms with van der Waals surface area (Å²) in [6.45, 7) is 3.27. The maximum absolute atomic E-state index is 12.9. The number of anilines is 1. The van der Waals surface area contributed by atoms with Crippen LogP contribution in [0, 0.1) is 5.92 Å². The van der Waals surface area contributed by atoms with E-state index in [1.807, 2.05) is 18.2 Å². The first-order valence-electron chi connectivity index (χ1n) is 10.0. The second kappa shape index (κ2) is 8.05. The summed E-state index contributed by atoms with van der Waals surface area (Å²) in [5, 5.41) is 3.61. The maximum Gasteiger partial charge on any atom is 0.251 e. The molecule has 0 unspecified atom stereocenters. The lowest BCUT2D eigenvalue weighted by Crippen LogP contribution is -2.40. The average molecular weight is 398 g/mol. The fourth-order valence-electron chi connectivity index (χ4n) is 4.14. The van der Waals surface area contributed by atoms with Crippen LogP contribution in [0.5, 0.6) is 0 Å². The number of amides is 2. The van der Waals surface area contributed by atoms with E-state index in [1.54, 1.807) is 0 Å². The summed E-state index contributed by atoms with van der Waals surface area (Å²) in [6.07, 6.45) is 5.36. The molecule has 2 amide bonds. The third kappa shape index (κ3) is 4.13. The van der Waals surface area contributed by atoms with E-state index in [2.05, 4.69) is 29.3 Å². The van der Waals surface area contributed by atoms with Gasteiger partial charge in [0.1, 0.15) is 5.00 Å². The molecule has 4 rings (SSSR count). The number of nitrogens with two attached hydrogens (primary N) is 1. The number of hydrogen-bond donors (Lipinski definition) is 2. The number of hydrogen-bond acceptors (Lipinski definition) is 4. The number of fused-ring (bicyclic) bond motifs is 1. The number of primary amides is 1. The van der Waals surface area contributed by atoms with Crippen molar-refractivity contribution in [1.82, 2.24) is 4.90 Å². The van der Waals surface area contributed by atoms with Gasteiger partial charge in [-0.25, -0.2) is 0 Å². The molecule has 1 fully saturated rings. The topological polar surface area (TPSA) is 75.4 Å². The second-order valence-corrected chi connectivity index (χ2v) is 9.05. The average Bonchev–Trinajstić information content (AvgIpc) is 3.32. The summed E-state index contributed by atoms with van der Waals surface area (Å²) < 4.78 is 0. The number of benzene rings is 1. The molecule has 0 radical (unpaired) electrons. The van der Waals surface area contributed by atoms with E-state index in [0.29, 0.717) is 29.1 Å². The fourth-order valence-corrected chi connectivity index (χ4v) is 5.45. The normalized spacial score (nSPS) is 16.8. The number of rotatable bonds is 8. The molecule has 28 heavy (non-hydrogen) atoms. The first kappa shape index (κ1) is 19.2. The zero-order valence-corrected chi connectivity index (χ0v) is 17.1. The molecule has 3 N–H and O–H groups in total. The highest BCUT2D eigenvalue weighted by atomic mass is 32.1. The lowest BCUT2D eigenvalue weighted by atomic mass is 10.1. The smallest absolute Gasteiger partial charge is 0.251 e. The zero-order chi connectivity index (χ0) is 19.7. The highest BCUT2D eigenvalue weighted by molar-refractivity contribution is 7.17. The van der Waals surface area contributed by atoms with Gasteiger partial charge in [-0.15, -0.1) is 11.3 Å². The van der Waals surface area contributed by atoms with Crippen molar-refractivity contribution in [2.24, 2.45) is 11.7 Å². The Morgan fingerprint density at radius 2 is 2.00 bits per heavy atom. The van der Waals surface area contributed by atoms with E-state index >= 15 is 0 Å². The van der Waals surface area contributed by atoms with Crippen LogP contribution in [-0.2, 0) is 24.2 Å². The highest BCUT2D eigenvalue weighted by Crippen LogP contribution is 2.39. The van der Waals surface area contributed by atoms with Crippen LogP contribution < -0.4 is 11.1 Å². The molecule has 0 bridgehead atoms. The monoisotopic (exact) mass is 397 g/mol. The molecule has 1 aromatic carbocycles. The Morgan fingerprint density at radius 3 is 2.68 bits per heavy atom. The van der Waals surface area contributed by atoms with Gasteiger partial charge in [-0.1, -0.05) is 30.3 Å². The highest BCUT2D eigenvalue weighted by Gasteiger charge is 2.33. The second-order valence-electron chi connectivity index (χ2n) is 7.94. The molecule has 0 aliphatic heterocycles. The molecule has 0 saturated heterocycles. The minimum absolute atomic E-state index is 0.0779. The molecule has 0 spiro atoms. The van der Waals surface area contributed by atoms with Gasteiger partial charge in [0.25, 0.3) is 5.91 Å². The molecule has 148 valence electrons. The van der Waals surface area contributed by atoms with Crippen LogP contribution in [0.15, 0.2) is 30.3 Å². The van der Waals surface area contributed by atoms with Crippen molar-refractivity contribution in [2.75, 3.05) is 11.9 Å².